The first kappa shape index (κ1) is 20.3. The van der Waals surface area contributed by atoms with Crippen molar-refractivity contribution in [1.29, 1.82) is 0 Å². The molecular formula is C17H26N2O4S2. The molecule has 140 valence electrons. The fourth-order valence-electron chi connectivity index (χ4n) is 3.60. The first-order chi connectivity index (χ1) is 11.9. The summed E-state index contributed by atoms with van der Waals surface area (Å²) in [5, 5.41) is -0.682. The van der Waals surface area contributed by atoms with Gasteiger partial charge in [-0.05, 0) is 24.9 Å². The summed E-state index contributed by atoms with van der Waals surface area (Å²) in [5.41, 5.74) is 0. The molecule has 25 heavy (non-hydrogen) atoms. The van der Waals surface area contributed by atoms with Crippen LogP contribution in [0.2, 0.25) is 0 Å². The molecule has 0 bridgehead atoms. The minimum atomic E-state index is -0.495. The second-order valence-electron chi connectivity index (χ2n) is 6.22. The number of amides is 4. The molecule has 0 aromatic rings. The molecule has 0 aromatic heterocycles. The second kappa shape index (κ2) is 8.58. The predicted molar refractivity (Wildman–Crippen MR) is 100 cm³/mol. The number of thioether (sulfide) groups is 2. The zero-order valence-electron chi connectivity index (χ0n) is 15.2. The van der Waals surface area contributed by atoms with Gasteiger partial charge in [-0.1, -0.05) is 20.8 Å². The highest BCUT2D eigenvalue weighted by Crippen LogP contribution is 2.32. The molecule has 2 saturated heterocycles. The monoisotopic (exact) mass is 386 g/mol. The molecule has 0 radical (unpaired) electrons. The molecule has 2 aliphatic rings. The first-order valence-electron chi connectivity index (χ1n) is 8.82. The lowest BCUT2D eigenvalue weighted by Crippen LogP contribution is -2.54. The second-order valence-corrected chi connectivity index (χ2v) is 9.18. The third-order valence-corrected chi connectivity index (χ3v) is 6.94. The highest BCUT2D eigenvalue weighted by molar-refractivity contribution is 8.00. The summed E-state index contributed by atoms with van der Waals surface area (Å²) in [6.45, 7) is 7.56. The van der Waals surface area contributed by atoms with Crippen molar-refractivity contribution in [2.24, 2.45) is 0 Å². The number of hydrogen-bond acceptors (Lipinski definition) is 6. The van der Waals surface area contributed by atoms with Gasteiger partial charge in [0, 0.05) is 12.8 Å². The van der Waals surface area contributed by atoms with E-state index >= 15 is 0 Å². The van der Waals surface area contributed by atoms with Crippen molar-refractivity contribution in [3.05, 3.63) is 0 Å². The number of hydrogen-bond donors (Lipinski definition) is 0. The minimum absolute atomic E-state index is 0.186. The Labute approximate surface area is 157 Å². The Morgan fingerprint density at radius 1 is 0.880 bits per heavy atom. The molecule has 2 heterocycles. The van der Waals surface area contributed by atoms with E-state index in [1.165, 1.54) is 33.3 Å². The van der Waals surface area contributed by atoms with E-state index in [0.717, 1.165) is 11.5 Å². The van der Waals surface area contributed by atoms with Gasteiger partial charge in [-0.25, -0.2) is 0 Å². The predicted octanol–water partition coefficient (Wildman–Crippen LogP) is 1.91. The summed E-state index contributed by atoms with van der Waals surface area (Å²) in [4.78, 5) is 52.6. The van der Waals surface area contributed by atoms with Gasteiger partial charge in [0.15, 0.2) is 0 Å². The van der Waals surface area contributed by atoms with Gasteiger partial charge in [0.2, 0.25) is 23.6 Å². The molecule has 0 aliphatic carbocycles. The van der Waals surface area contributed by atoms with Crippen LogP contribution in [0, 0.1) is 0 Å². The van der Waals surface area contributed by atoms with Crippen molar-refractivity contribution in [2.45, 2.75) is 69.5 Å². The lowest BCUT2D eigenvalue weighted by molar-refractivity contribution is -0.149. The van der Waals surface area contributed by atoms with Crippen LogP contribution >= 0.6 is 23.5 Å². The molecule has 2 aliphatic heterocycles. The summed E-state index contributed by atoms with van der Waals surface area (Å²) in [6, 6.07) is -0.952. The van der Waals surface area contributed by atoms with Gasteiger partial charge in [0.05, 0.1) is 22.6 Å². The fourth-order valence-corrected chi connectivity index (χ4v) is 5.43. The van der Waals surface area contributed by atoms with E-state index in [2.05, 4.69) is 0 Å². The van der Waals surface area contributed by atoms with Gasteiger partial charge in [0.25, 0.3) is 0 Å². The van der Waals surface area contributed by atoms with Crippen molar-refractivity contribution in [2.75, 3.05) is 11.5 Å². The van der Waals surface area contributed by atoms with Crippen molar-refractivity contribution in [3.8, 4) is 0 Å². The third kappa shape index (κ3) is 3.89. The van der Waals surface area contributed by atoms with Gasteiger partial charge in [-0.3, -0.25) is 29.0 Å². The Kier molecular flexibility index (Phi) is 6.96. The molecule has 0 spiro atoms. The van der Waals surface area contributed by atoms with E-state index in [1.54, 1.807) is 6.92 Å². The molecule has 8 heteroatoms. The number of carbonyl (C=O) groups excluding carboxylic acids is 4. The number of nitrogens with zero attached hydrogens (tertiary/aromatic N) is 2. The van der Waals surface area contributed by atoms with Gasteiger partial charge in [-0.15, -0.1) is 23.5 Å². The number of imide groups is 2. The minimum Gasteiger partial charge on any atom is -0.277 e. The fraction of sp³-hybridized carbons (Fsp3) is 0.765. The van der Waals surface area contributed by atoms with Crippen LogP contribution in [0.25, 0.3) is 0 Å². The zero-order valence-corrected chi connectivity index (χ0v) is 16.8. The van der Waals surface area contributed by atoms with E-state index in [-0.39, 0.29) is 47.0 Å². The number of likely N-dealkylation sites (tertiary alicyclic amines) is 2. The topological polar surface area (TPSA) is 74.8 Å². The number of rotatable bonds is 8. The summed E-state index contributed by atoms with van der Waals surface area (Å²) in [7, 11) is 0. The molecule has 0 aromatic carbocycles. The lowest BCUT2D eigenvalue weighted by Gasteiger charge is -2.35. The van der Waals surface area contributed by atoms with Crippen LogP contribution in [-0.4, -0.2) is 67.5 Å². The average molecular weight is 387 g/mol. The standard InChI is InChI=1S/C17H26N2O4S2/c1-5-11(19-15(21)9-13(17(19)23)25-7-3)10(4)18-14(20)8-12(16(18)22)24-6-2/h10-13H,5-9H2,1-4H3. The summed E-state index contributed by atoms with van der Waals surface area (Å²) in [5.74, 6) is 0.745. The molecule has 4 amide bonds. The van der Waals surface area contributed by atoms with Gasteiger partial charge < -0.3 is 0 Å². The molecule has 2 fully saturated rings. The lowest BCUT2D eigenvalue weighted by atomic mass is 10.0. The Hall–Kier alpha value is -1.02. The van der Waals surface area contributed by atoms with Crippen LogP contribution in [0.3, 0.4) is 0 Å². The maximum atomic E-state index is 12.6. The Balaban J connectivity index is 2.20. The normalized spacial score (nSPS) is 26.7. The van der Waals surface area contributed by atoms with Crippen LogP contribution in [0.5, 0.6) is 0 Å². The smallest absolute Gasteiger partial charge is 0.243 e. The molecule has 0 N–H and O–H groups in total. The van der Waals surface area contributed by atoms with Gasteiger partial charge >= 0.3 is 0 Å². The van der Waals surface area contributed by atoms with Crippen molar-refractivity contribution >= 4 is 47.2 Å². The highest BCUT2D eigenvalue weighted by Gasteiger charge is 2.48. The largest absolute Gasteiger partial charge is 0.277 e. The number of carbonyl (C=O) groups is 4. The van der Waals surface area contributed by atoms with Crippen LogP contribution in [-0.2, 0) is 19.2 Å². The van der Waals surface area contributed by atoms with Crippen molar-refractivity contribution in [3.63, 3.8) is 0 Å². The molecular weight excluding hydrogens is 360 g/mol. The van der Waals surface area contributed by atoms with E-state index in [4.69, 9.17) is 0 Å². The zero-order chi connectivity index (χ0) is 18.7. The first-order valence-corrected chi connectivity index (χ1v) is 10.9. The van der Waals surface area contributed by atoms with Crippen LogP contribution in [0.4, 0.5) is 0 Å². The summed E-state index contributed by atoms with van der Waals surface area (Å²) < 4.78 is 0. The third-order valence-electron chi connectivity index (χ3n) is 4.73. The quantitative estimate of drug-likeness (QED) is 0.593. The molecule has 6 nitrogen and oxygen atoms in total. The Bertz CT molecular complexity index is 569. The Morgan fingerprint density at radius 2 is 1.32 bits per heavy atom. The average Bonchev–Trinajstić information content (AvgIpc) is 2.99. The maximum absolute atomic E-state index is 12.6. The molecule has 4 unspecified atom stereocenters. The van der Waals surface area contributed by atoms with E-state index in [1.807, 2.05) is 20.8 Å². The maximum Gasteiger partial charge on any atom is 0.243 e. The van der Waals surface area contributed by atoms with Crippen LogP contribution < -0.4 is 0 Å². The van der Waals surface area contributed by atoms with Gasteiger partial charge in [0.1, 0.15) is 0 Å². The van der Waals surface area contributed by atoms with Crippen LogP contribution in [0.15, 0.2) is 0 Å². The van der Waals surface area contributed by atoms with E-state index < -0.39 is 12.1 Å². The van der Waals surface area contributed by atoms with E-state index in [9.17, 15) is 19.2 Å². The van der Waals surface area contributed by atoms with Crippen molar-refractivity contribution in [1.82, 2.24) is 9.80 Å². The van der Waals surface area contributed by atoms with Crippen LogP contribution in [0.1, 0.15) is 47.0 Å². The van der Waals surface area contributed by atoms with Gasteiger partial charge in [-0.2, -0.15) is 0 Å². The molecule has 2 rings (SSSR count). The molecule has 0 saturated carbocycles. The SMILES string of the molecule is CCSC1CC(=O)N(C(C)C(CC)N2C(=O)CC(SCC)C2=O)C1=O. The summed E-state index contributed by atoms with van der Waals surface area (Å²) in [6.07, 6.45) is 0.926. The molecule has 4 atom stereocenters. The van der Waals surface area contributed by atoms with E-state index in [0.29, 0.717) is 6.42 Å². The van der Waals surface area contributed by atoms with Crippen molar-refractivity contribution < 1.29 is 19.2 Å². The highest BCUT2D eigenvalue weighted by atomic mass is 32.2. The summed E-state index contributed by atoms with van der Waals surface area (Å²) >= 11 is 2.94. The Morgan fingerprint density at radius 3 is 1.76 bits per heavy atom.